The Morgan fingerprint density at radius 2 is 1.79 bits per heavy atom. The van der Waals surface area contributed by atoms with Gasteiger partial charge in [-0.25, -0.2) is 4.39 Å². The van der Waals surface area contributed by atoms with Gasteiger partial charge in [-0.3, -0.25) is 4.79 Å². The maximum atomic E-state index is 14.3. The standard InChI is InChI=1S/C16H14ClF3N2O.ClH/c17-12-6-7-13(15(18)11(12)8-14(21)23)22-9-16(19,20)10-4-2-1-3-5-10;/h1-7,22H,8-9H2,(H2,21,23);1H. The summed E-state index contributed by atoms with van der Waals surface area (Å²) in [5.41, 5.74) is 4.56. The Balaban J connectivity index is 0.00000288. The number of anilines is 1. The second-order valence-electron chi connectivity index (χ2n) is 4.95. The number of hydrogen-bond acceptors (Lipinski definition) is 2. The Morgan fingerprint density at radius 3 is 2.38 bits per heavy atom. The minimum Gasteiger partial charge on any atom is -0.376 e. The largest absolute Gasteiger partial charge is 0.376 e. The number of nitrogens with two attached hydrogens (primary N) is 1. The van der Waals surface area contributed by atoms with Crippen molar-refractivity contribution in [3.05, 3.63) is 64.4 Å². The second kappa shape index (κ2) is 8.26. The Labute approximate surface area is 148 Å². The quantitative estimate of drug-likeness (QED) is 0.793. The molecular formula is C16H15Cl2F3N2O. The number of halogens is 5. The topological polar surface area (TPSA) is 55.1 Å². The molecule has 130 valence electrons. The van der Waals surface area contributed by atoms with E-state index in [9.17, 15) is 18.0 Å². The molecule has 2 aromatic carbocycles. The van der Waals surface area contributed by atoms with Crippen LogP contribution in [0, 0.1) is 5.82 Å². The van der Waals surface area contributed by atoms with Crippen LogP contribution in [-0.4, -0.2) is 12.5 Å². The number of carbonyl (C=O) groups is 1. The molecule has 0 aliphatic rings. The lowest BCUT2D eigenvalue weighted by Crippen LogP contribution is -2.25. The van der Waals surface area contributed by atoms with Crippen molar-refractivity contribution in [2.45, 2.75) is 12.3 Å². The van der Waals surface area contributed by atoms with E-state index in [-0.39, 0.29) is 34.2 Å². The zero-order valence-electron chi connectivity index (χ0n) is 12.4. The summed E-state index contributed by atoms with van der Waals surface area (Å²) in [6, 6.07) is 9.77. The van der Waals surface area contributed by atoms with Crippen LogP contribution >= 0.6 is 24.0 Å². The smallest absolute Gasteiger partial charge is 0.290 e. The molecule has 0 radical (unpaired) electrons. The first-order valence-electron chi connectivity index (χ1n) is 6.73. The summed E-state index contributed by atoms with van der Waals surface area (Å²) in [5, 5.41) is 2.37. The number of benzene rings is 2. The summed E-state index contributed by atoms with van der Waals surface area (Å²) < 4.78 is 42.4. The highest BCUT2D eigenvalue weighted by Gasteiger charge is 2.31. The molecule has 3 nitrogen and oxygen atoms in total. The minimum atomic E-state index is -3.18. The molecule has 24 heavy (non-hydrogen) atoms. The van der Waals surface area contributed by atoms with Crippen molar-refractivity contribution in [2.75, 3.05) is 11.9 Å². The van der Waals surface area contributed by atoms with Gasteiger partial charge >= 0.3 is 0 Å². The average Bonchev–Trinajstić information content (AvgIpc) is 2.51. The van der Waals surface area contributed by atoms with Crippen molar-refractivity contribution in [2.24, 2.45) is 5.73 Å². The molecule has 2 rings (SSSR count). The monoisotopic (exact) mass is 378 g/mol. The van der Waals surface area contributed by atoms with E-state index in [0.29, 0.717) is 0 Å². The summed E-state index contributed by atoms with van der Waals surface area (Å²) in [6.07, 6.45) is -0.407. The Hall–Kier alpha value is -1.92. The summed E-state index contributed by atoms with van der Waals surface area (Å²) >= 11 is 5.81. The van der Waals surface area contributed by atoms with Gasteiger partial charge in [0.05, 0.1) is 18.7 Å². The van der Waals surface area contributed by atoms with E-state index in [0.717, 1.165) is 0 Å². The summed E-state index contributed by atoms with van der Waals surface area (Å²) in [6.45, 7) is -0.800. The molecule has 0 saturated heterocycles. The molecule has 0 heterocycles. The maximum Gasteiger partial charge on any atom is 0.290 e. The average molecular weight is 379 g/mol. The van der Waals surface area contributed by atoms with E-state index in [1.807, 2.05) is 0 Å². The molecule has 0 saturated carbocycles. The summed E-state index contributed by atoms with van der Waals surface area (Å²) in [5.74, 6) is -4.81. The molecule has 0 aliphatic carbocycles. The normalized spacial score (nSPS) is 10.8. The van der Waals surface area contributed by atoms with Gasteiger partial charge in [0.25, 0.3) is 5.92 Å². The van der Waals surface area contributed by atoms with Crippen molar-refractivity contribution >= 4 is 35.6 Å². The highest BCUT2D eigenvalue weighted by Crippen LogP contribution is 2.30. The lowest BCUT2D eigenvalue weighted by atomic mass is 10.1. The third kappa shape index (κ3) is 4.79. The second-order valence-corrected chi connectivity index (χ2v) is 5.36. The van der Waals surface area contributed by atoms with Crippen LogP contribution in [0.25, 0.3) is 0 Å². The molecular weight excluding hydrogens is 364 g/mol. The van der Waals surface area contributed by atoms with E-state index >= 15 is 0 Å². The van der Waals surface area contributed by atoms with Gasteiger partial charge in [0.2, 0.25) is 5.91 Å². The number of primary amides is 1. The predicted molar refractivity (Wildman–Crippen MR) is 90.4 cm³/mol. The fourth-order valence-corrected chi connectivity index (χ4v) is 2.27. The maximum absolute atomic E-state index is 14.3. The van der Waals surface area contributed by atoms with Crippen LogP contribution in [0.4, 0.5) is 18.9 Å². The number of alkyl halides is 2. The summed E-state index contributed by atoms with van der Waals surface area (Å²) in [7, 11) is 0. The van der Waals surface area contributed by atoms with Crippen molar-refractivity contribution in [1.29, 1.82) is 0 Å². The first kappa shape index (κ1) is 20.1. The van der Waals surface area contributed by atoms with Crippen LogP contribution in [0.1, 0.15) is 11.1 Å². The number of hydrogen-bond donors (Lipinski definition) is 2. The molecule has 0 unspecified atom stereocenters. The van der Waals surface area contributed by atoms with Crippen molar-refractivity contribution < 1.29 is 18.0 Å². The van der Waals surface area contributed by atoms with Crippen LogP contribution in [0.2, 0.25) is 5.02 Å². The van der Waals surface area contributed by atoms with Gasteiger partial charge in [-0.1, -0.05) is 41.9 Å². The highest BCUT2D eigenvalue weighted by molar-refractivity contribution is 6.31. The third-order valence-corrected chi connectivity index (χ3v) is 3.59. The molecule has 8 heteroatoms. The van der Waals surface area contributed by atoms with Crippen molar-refractivity contribution in [3.63, 3.8) is 0 Å². The first-order chi connectivity index (χ1) is 10.8. The summed E-state index contributed by atoms with van der Waals surface area (Å²) in [4.78, 5) is 10.9. The lowest BCUT2D eigenvalue weighted by molar-refractivity contribution is -0.117. The highest BCUT2D eigenvalue weighted by atomic mass is 35.5. The number of carbonyl (C=O) groups excluding carboxylic acids is 1. The Bertz CT molecular complexity index is 712. The Morgan fingerprint density at radius 1 is 1.17 bits per heavy atom. The predicted octanol–water partition coefficient (Wildman–Crippen LogP) is 4.13. The molecule has 2 aromatic rings. The van der Waals surface area contributed by atoms with Crippen LogP contribution in [0.5, 0.6) is 0 Å². The van der Waals surface area contributed by atoms with Gasteiger partial charge in [-0.05, 0) is 12.1 Å². The fraction of sp³-hybridized carbons (Fsp3) is 0.188. The van der Waals surface area contributed by atoms with Crippen LogP contribution in [0.3, 0.4) is 0 Å². The van der Waals surface area contributed by atoms with Gasteiger partial charge in [0.15, 0.2) is 5.82 Å². The van der Waals surface area contributed by atoms with Gasteiger partial charge in [0.1, 0.15) is 0 Å². The molecule has 0 aromatic heterocycles. The van der Waals surface area contributed by atoms with Gasteiger partial charge < -0.3 is 11.1 Å². The van der Waals surface area contributed by atoms with Crippen LogP contribution in [-0.2, 0) is 17.1 Å². The first-order valence-corrected chi connectivity index (χ1v) is 7.11. The number of nitrogens with one attached hydrogen (secondary N) is 1. The molecule has 1 amide bonds. The number of rotatable bonds is 6. The van der Waals surface area contributed by atoms with Gasteiger partial charge in [0, 0.05) is 16.1 Å². The van der Waals surface area contributed by atoms with Gasteiger partial charge in [-0.2, -0.15) is 8.78 Å². The van der Waals surface area contributed by atoms with Crippen LogP contribution in [0.15, 0.2) is 42.5 Å². The molecule has 0 bridgehead atoms. The SMILES string of the molecule is Cl.NC(=O)Cc1c(Cl)ccc(NCC(F)(F)c2ccccc2)c1F. The molecule has 3 N–H and O–H groups in total. The fourth-order valence-electron chi connectivity index (χ4n) is 2.06. The van der Waals surface area contributed by atoms with E-state index in [1.54, 1.807) is 6.07 Å². The Kier molecular flexibility index (Phi) is 6.93. The number of amides is 1. The van der Waals surface area contributed by atoms with Crippen LogP contribution < -0.4 is 11.1 Å². The van der Waals surface area contributed by atoms with Gasteiger partial charge in [-0.15, -0.1) is 12.4 Å². The van der Waals surface area contributed by atoms with E-state index < -0.39 is 30.6 Å². The van der Waals surface area contributed by atoms with Crippen molar-refractivity contribution in [1.82, 2.24) is 0 Å². The molecule has 0 aliphatic heterocycles. The van der Waals surface area contributed by atoms with E-state index in [4.69, 9.17) is 17.3 Å². The van der Waals surface area contributed by atoms with Crippen molar-refractivity contribution in [3.8, 4) is 0 Å². The molecule has 0 fully saturated rings. The third-order valence-electron chi connectivity index (χ3n) is 3.23. The lowest BCUT2D eigenvalue weighted by Gasteiger charge is -2.19. The van der Waals surface area contributed by atoms with E-state index in [1.165, 1.54) is 36.4 Å². The van der Waals surface area contributed by atoms with E-state index in [2.05, 4.69) is 5.32 Å². The minimum absolute atomic E-state index is 0. The molecule has 0 spiro atoms. The zero-order valence-corrected chi connectivity index (χ0v) is 13.9. The zero-order chi connectivity index (χ0) is 17.0. The molecule has 0 atom stereocenters.